The number of carbonyl (C=O) groups excluding carboxylic acids is 1. The second-order valence-electron chi connectivity index (χ2n) is 9.18. The van der Waals surface area contributed by atoms with Gasteiger partial charge in [0.15, 0.2) is 0 Å². The zero-order chi connectivity index (χ0) is 23.0. The molecular formula is C26H36N2O3S. The molecule has 0 spiro atoms. The summed E-state index contributed by atoms with van der Waals surface area (Å²) in [7, 11) is -3.28. The van der Waals surface area contributed by atoms with Crippen molar-refractivity contribution in [2.24, 2.45) is 11.8 Å². The van der Waals surface area contributed by atoms with Crippen LogP contribution in [0.15, 0.2) is 60.7 Å². The maximum atomic E-state index is 13.0. The summed E-state index contributed by atoms with van der Waals surface area (Å²) in [5, 5.41) is 3.23. The standard InChI is InChI=1S/C26H36N2O3S/c1-21(2)20-25(23-13-7-4-8-14-23)27-26(29)24-15-17-28(18-16-24)32(30,31)19-9-12-22-10-5-3-6-11-22/h3-8,10-11,13-14,21,24-25H,9,12,15-20H2,1-2H3,(H,27,29)/t25-/m0/s1. The number of benzene rings is 2. The molecule has 1 heterocycles. The molecule has 0 bridgehead atoms. The fourth-order valence-electron chi connectivity index (χ4n) is 4.35. The lowest BCUT2D eigenvalue weighted by Crippen LogP contribution is -2.44. The predicted molar refractivity (Wildman–Crippen MR) is 130 cm³/mol. The number of amides is 1. The van der Waals surface area contributed by atoms with Gasteiger partial charge in [-0.05, 0) is 49.1 Å². The summed E-state index contributed by atoms with van der Waals surface area (Å²) >= 11 is 0. The van der Waals surface area contributed by atoms with Gasteiger partial charge in [0.25, 0.3) is 0 Å². The zero-order valence-corrected chi connectivity index (χ0v) is 20.1. The third kappa shape index (κ3) is 7.17. The minimum atomic E-state index is -3.28. The van der Waals surface area contributed by atoms with Gasteiger partial charge in [-0.3, -0.25) is 4.79 Å². The van der Waals surface area contributed by atoms with Crippen LogP contribution >= 0.6 is 0 Å². The first-order valence-corrected chi connectivity index (χ1v) is 13.3. The number of hydrogen-bond acceptors (Lipinski definition) is 3. The number of hydrogen-bond donors (Lipinski definition) is 1. The van der Waals surface area contributed by atoms with Crippen molar-refractivity contribution in [3.8, 4) is 0 Å². The third-order valence-corrected chi connectivity index (χ3v) is 8.11. The molecule has 1 N–H and O–H groups in total. The number of carbonyl (C=O) groups is 1. The highest BCUT2D eigenvalue weighted by Crippen LogP contribution is 2.25. The van der Waals surface area contributed by atoms with Crippen LogP contribution < -0.4 is 5.32 Å². The van der Waals surface area contributed by atoms with E-state index in [1.165, 1.54) is 0 Å². The molecule has 1 amide bonds. The van der Waals surface area contributed by atoms with Crippen LogP contribution in [0, 0.1) is 11.8 Å². The van der Waals surface area contributed by atoms with Crippen molar-refractivity contribution in [1.82, 2.24) is 9.62 Å². The SMILES string of the molecule is CC(C)C[C@H](NC(=O)C1CCN(S(=O)(=O)CCCc2ccccc2)CC1)c1ccccc1. The van der Waals surface area contributed by atoms with E-state index in [0.717, 1.165) is 24.0 Å². The number of aryl methyl sites for hydroxylation is 1. The van der Waals surface area contributed by atoms with Gasteiger partial charge in [0.05, 0.1) is 11.8 Å². The van der Waals surface area contributed by atoms with Crippen molar-refractivity contribution >= 4 is 15.9 Å². The van der Waals surface area contributed by atoms with E-state index in [2.05, 4.69) is 31.3 Å². The van der Waals surface area contributed by atoms with Gasteiger partial charge in [-0.1, -0.05) is 74.5 Å². The first-order chi connectivity index (χ1) is 15.3. The monoisotopic (exact) mass is 456 g/mol. The first kappa shape index (κ1) is 24.5. The molecule has 0 saturated carbocycles. The average Bonchev–Trinajstić information content (AvgIpc) is 2.79. The fourth-order valence-corrected chi connectivity index (χ4v) is 5.89. The zero-order valence-electron chi connectivity index (χ0n) is 19.2. The van der Waals surface area contributed by atoms with Gasteiger partial charge in [0.2, 0.25) is 15.9 Å². The van der Waals surface area contributed by atoms with E-state index in [4.69, 9.17) is 0 Å². The number of sulfonamides is 1. The van der Waals surface area contributed by atoms with Crippen molar-refractivity contribution in [3.63, 3.8) is 0 Å². The van der Waals surface area contributed by atoms with Gasteiger partial charge in [0, 0.05) is 19.0 Å². The molecule has 32 heavy (non-hydrogen) atoms. The molecule has 1 atom stereocenters. The van der Waals surface area contributed by atoms with Crippen LogP contribution in [0.1, 0.15) is 56.7 Å². The Kier molecular flexibility index (Phi) is 8.88. The Morgan fingerprint density at radius 3 is 2.19 bits per heavy atom. The van der Waals surface area contributed by atoms with Crippen LogP contribution in [0.2, 0.25) is 0 Å². The summed E-state index contributed by atoms with van der Waals surface area (Å²) in [5.41, 5.74) is 2.28. The van der Waals surface area contributed by atoms with Crippen molar-refractivity contribution < 1.29 is 13.2 Å². The van der Waals surface area contributed by atoms with E-state index in [0.29, 0.717) is 38.3 Å². The fraction of sp³-hybridized carbons (Fsp3) is 0.500. The molecule has 3 rings (SSSR count). The molecule has 6 heteroatoms. The topological polar surface area (TPSA) is 66.5 Å². The summed E-state index contributed by atoms with van der Waals surface area (Å²) in [6, 6.07) is 20.0. The van der Waals surface area contributed by atoms with E-state index >= 15 is 0 Å². The van der Waals surface area contributed by atoms with Crippen LogP contribution in [0.5, 0.6) is 0 Å². The lowest BCUT2D eigenvalue weighted by atomic mass is 9.93. The summed E-state index contributed by atoms with van der Waals surface area (Å²) in [6.07, 6.45) is 3.40. The summed E-state index contributed by atoms with van der Waals surface area (Å²) in [5.74, 6) is 0.525. The van der Waals surface area contributed by atoms with E-state index < -0.39 is 10.0 Å². The lowest BCUT2D eigenvalue weighted by molar-refractivity contribution is -0.127. The molecule has 0 aliphatic carbocycles. The van der Waals surface area contributed by atoms with Gasteiger partial charge in [0.1, 0.15) is 0 Å². The Labute approximate surface area is 193 Å². The minimum absolute atomic E-state index is 0.0107. The molecule has 2 aromatic carbocycles. The third-order valence-electron chi connectivity index (χ3n) is 6.15. The molecule has 0 aromatic heterocycles. The van der Waals surface area contributed by atoms with Gasteiger partial charge in [-0.2, -0.15) is 0 Å². The van der Waals surface area contributed by atoms with Gasteiger partial charge in [-0.25, -0.2) is 12.7 Å². The largest absolute Gasteiger partial charge is 0.349 e. The highest BCUT2D eigenvalue weighted by Gasteiger charge is 2.31. The minimum Gasteiger partial charge on any atom is -0.349 e. The maximum Gasteiger partial charge on any atom is 0.223 e. The number of nitrogens with one attached hydrogen (secondary N) is 1. The predicted octanol–water partition coefficient (Wildman–Crippen LogP) is 4.56. The van der Waals surface area contributed by atoms with Gasteiger partial charge in [-0.15, -0.1) is 0 Å². The normalized spacial score (nSPS) is 16.7. The highest BCUT2D eigenvalue weighted by atomic mass is 32.2. The summed E-state index contributed by atoms with van der Waals surface area (Å²) in [6.45, 7) is 5.16. The Hall–Kier alpha value is -2.18. The number of rotatable bonds is 10. The molecule has 2 aromatic rings. The lowest BCUT2D eigenvalue weighted by Gasteiger charge is -2.32. The van der Waals surface area contributed by atoms with Crippen LogP contribution in [0.25, 0.3) is 0 Å². The molecule has 1 aliphatic heterocycles. The van der Waals surface area contributed by atoms with Crippen LogP contribution in [-0.2, 0) is 21.2 Å². The second kappa shape index (κ2) is 11.6. The molecule has 1 aliphatic rings. The Morgan fingerprint density at radius 2 is 1.59 bits per heavy atom. The van der Waals surface area contributed by atoms with Gasteiger partial charge >= 0.3 is 0 Å². The molecular weight excluding hydrogens is 420 g/mol. The van der Waals surface area contributed by atoms with Crippen LogP contribution in [0.3, 0.4) is 0 Å². The van der Waals surface area contributed by atoms with E-state index in [-0.39, 0.29) is 23.6 Å². The number of piperidine rings is 1. The molecule has 1 fully saturated rings. The van der Waals surface area contributed by atoms with E-state index in [1.54, 1.807) is 4.31 Å². The Morgan fingerprint density at radius 1 is 1.00 bits per heavy atom. The number of nitrogens with zero attached hydrogens (tertiary/aromatic N) is 1. The summed E-state index contributed by atoms with van der Waals surface area (Å²) in [4.78, 5) is 13.0. The quantitative estimate of drug-likeness (QED) is 0.570. The van der Waals surface area contributed by atoms with Crippen molar-refractivity contribution in [2.45, 2.75) is 52.0 Å². The van der Waals surface area contributed by atoms with Crippen molar-refractivity contribution in [1.29, 1.82) is 0 Å². The molecule has 174 valence electrons. The smallest absolute Gasteiger partial charge is 0.223 e. The van der Waals surface area contributed by atoms with Gasteiger partial charge < -0.3 is 5.32 Å². The Bertz CT molecular complexity index is 938. The summed E-state index contributed by atoms with van der Waals surface area (Å²) < 4.78 is 27.1. The first-order valence-electron chi connectivity index (χ1n) is 11.7. The van der Waals surface area contributed by atoms with E-state index in [1.807, 2.05) is 48.5 Å². The van der Waals surface area contributed by atoms with Crippen LogP contribution in [-0.4, -0.2) is 37.5 Å². The Balaban J connectivity index is 1.49. The second-order valence-corrected chi connectivity index (χ2v) is 11.3. The van der Waals surface area contributed by atoms with Crippen molar-refractivity contribution in [2.75, 3.05) is 18.8 Å². The van der Waals surface area contributed by atoms with Crippen molar-refractivity contribution in [3.05, 3.63) is 71.8 Å². The average molecular weight is 457 g/mol. The molecule has 0 radical (unpaired) electrons. The van der Waals surface area contributed by atoms with Crippen LogP contribution in [0.4, 0.5) is 0 Å². The van der Waals surface area contributed by atoms with E-state index in [9.17, 15) is 13.2 Å². The maximum absolute atomic E-state index is 13.0. The highest BCUT2D eigenvalue weighted by molar-refractivity contribution is 7.89. The molecule has 0 unspecified atom stereocenters. The molecule has 5 nitrogen and oxygen atoms in total. The molecule has 1 saturated heterocycles.